The van der Waals surface area contributed by atoms with Gasteiger partial charge in [0, 0.05) is 19.7 Å². The predicted molar refractivity (Wildman–Crippen MR) is 85.6 cm³/mol. The summed E-state index contributed by atoms with van der Waals surface area (Å²) in [7, 11) is 0. The fraction of sp³-hybridized carbons (Fsp3) is 0.333. The Hall–Kier alpha value is -2.41. The molecule has 1 amide bonds. The quantitative estimate of drug-likeness (QED) is 0.782. The number of anilines is 1. The molecule has 122 valence electrons. The van der Waals surface area contributed by atoms with Crippen molar-refractivity contribution in [2.75, 3.05) is 11.4 Å². The van der Waals surface area contributed by atoms with Crippen LogP contribution in [0.15, 0.2) is 30.7 Å². The number of pyridine rings is 1. The van der Waals surface area contributed by atoms with E-state index >= 15 is 0 Å². The second-order valence-corrected chi connectivity index (χ2v) is 5.15. The summed E-state index contributed by atoms with van der Waals surface area (Å²) in [4.78, 5) is 28.9. The molecule has 0 spiro atoms. The molecule has 0 radical (unpaired) electrons. The van der Waals surface area contributed by atoms with Gasteiger partial charge in [0.2, 0.25) is 0 Å². The summed E-state index contributed by atoms with van der Waals surface area (Å²) in [5.41, 5.74) is 1.17. The minimum atomic E-state index is -0.898. The van der Waals surface area contributed by atoms with Gasteiger partial charge < -0.3 is 9.64 Å². The van der Waals surface area contributed by atoms with Crippen molar-refractivity contribution in [2.45, 2.75) is 26.9 Å². The second kappa shape index (κ2) is 7.23. The molecule has 23 heavy (non-hydrogen) atoms. The molecular formula is C15H17ClN4O3. The van der Waals surface area contributed by atoms with Crippen LogP contribution in [-0.2, 0) is 14.3 Å². The van der Waals surface area contributed by atoms with Crippen LogP contribution in [0.25, 0.3) is 5.69 Å². The van der Waals surface area contributed by atoms with Gasteiger partial charge in [-0.3, -0.25) is 14.6 Å². The van der Waals surface area contributed by atoms with E-state index < -0.39 is 12.1 Å². The van der Waals surface area contributed by atoms with Crippen LogP contribution in [-0.4, -0.2) is 39.3 Å². The summed E-state index contributed by atoms with van der Waals surface area (Å²) in [6.45, 7) is 4.94. The minimum absolute atomic E-state index is 0.180. The molecule has 2 aromatic rings. The van der Waals surface area contributed by atoms with Crippen molar-refractivity contribution in [2.24, 2.45) is 0 Å². The highest BCUT2D eigenvalue weighted by molar-refractivity contribution is 6.32. The number of likely N-dealkylation sites (N-methyl/N-ethyl adjacent to an activating group) is 1. The topological polar surface area (TPSA) is 77.3 Å². The lowest BCUT2D eigenvalue weighted by Crippen LogP contribution is -2.39. The van der Waals surface area contributed by atoms with Crippen LogP contribution in [0.1, 0.15) is 20.8 Å². The molecule has 7 nitrogen and oxygen atoms in total. The van der Waals surface area contributed by atoms with Crippen LogP contribution in [0, 0.1) is 0 Å². The SMILES string of the molecule is CCN(C(=O)C(C)OC(C)=O)c1cn(-c2cccnc2)nc1Cl. The number of esters is 1. The highest BCUT2D eigenvalue weighted by Crippen LogP contribution is 2.26. The largest absolute Gasteiger partial charge is 0.453 e. The maximum Gasteiger partial charge on any atom is 0.303 e. The molecule has 2 heterocycles. The summed E-state index contributed by atoms with van der Waals surface area (Å²) < 4.78 is 6.48. The molecule has 0 fully saturated rings. The molecule has 0 bridgehead atoms. The Morgan fingerprint density at radius 1 is 1.48 bits per heavy atom. The van der Waals surface area contributed by atoms with Crippen molar-refractivity contribution in [3.63, 3.8) is 0 Å². The summed E-state index contributed by atoms with van der Waals surface area (Å²) >= 11 is 6.17. The summed E-state index contributed by atoms with van der Waals surface area (Å²) in [5.74, 6) is -0.880. The average Bonchev–Trinajstić information content (AvgIpc) is 2.90. The van der Waals surface area contributed by atoms with Crippen molar-refractivity contribution in [3.05, 3.63) is 35.9 Å². The van der Waals surface area contributed by atoms with Crippen LogP contribution < -0.4 is 4.90 Å². The first-order valence-electron chi connectivity index (χ1n) is 7.08. The smallest absolute Gasteiger partial charge is 0.303 e. The van der Waals surface area contributed by atoms with E-state index in [4.69, 9.17) is 16.3 Å². The monoisotopic (exact) mass is 336 g/mol. The van der Waals surface area contributed by atoms with Gasteiger partial charge in [-0.15, -0.1) is 0 Å². The van der Waals surface area contributed by atoms with Crippen LogP contribution in [0.5, 0.6) is 0 Å². The van der Waals surface area contributed by atoms with E-state index in [1.54, 1.807) is 31.6 Å². The van der Waals surface area contributed by atoms with Gasteiger partial charge in [-0.25, -0.2) is 4.68 Å². The molecule has 0 saturated heterocycles. The molecule has 2 rings (SSSR count). The first kappa shape index (κ1) is 17.0. The minimum Gasteiger partial charge on any atom is -0.453 e. The molecule has 1 unspecified atom stereocenters. The molecule has 0 aliphatic carbocycles. The standard InChI is InChI=1S/C15H17ClN4O3/c1-4-19(15(22)10(2)23-11(3)21)13-9-20(18-14(13)16)12-6-5-7-17-8-12/h5-10H,4H2,1-3H3. The van der Waals surface area contributed by atoms with E-state index in [0.717, 1.165) is 5.69 Å². The van der Waals surface area contributed by atoms with Gasteiger partial charge >= 0.3 is 5.97 Å². The lowest BCUT2D eigenvalue weighted by molar-refractivity contribution is -0.151. The Bertz CT molecular complexity index is 702. The summed E-state index contributed by atoms with van der Waals surface area (Å²) in [5, 5.41) is 4.37. The number of carbonyl (C=O) groups excluding carboxylic acids is 2. The van der Waals surface area contributed by atoms with Crippen LogP contribution >= 0.6 is 11.6 Å². The van der Waals surface area contributed by atoms with Crippen LogP contribution in [0.3, 0.4) is 0 Å². The Morgan fingerprint density at radius 3 is 2.78 bits per heavy atom. The van der Waals surface area contributed by atoms with Crippen molar-refractivity contribution in [1.29, 1.82) is 0 Å². The zero-order chi connectivity index (χ0) is 17.0. The van der Waals surface area contributed by atoms with Gasteiger partial charge in [0.1, 0.15) is 5.69 Å². The van der Waals surface area contributed by atoms with E-state index in [0.29, 0.717) is 12.2 Å². The number of rotatable bonds is 5. The van der Waals surface area contributed by atoms with E-state index in [-0.39, 0.29) is 11.1 Å². The molecule has 0 saturated carbocycles. The number of hydrogen-bond donors (Lipinski definition) is 0. The molecule has 0 aliphatic heterocycles. The fourth-order valence-electron chi connectivity index (χ4n) is 2.11. The molecule has 2 aromatic heterocycles. The molecule has 0 aliphatic rings. The maximum atomic E-state index is 12.4. The highest BCUT2D eigenvalue weighted by atomic mass is 35.5. The predicted octanol–water partition coefficient (Wildman–Crippen LogP) is 2.23. The van der Waals surface area contributed by atoms with Crippen molar-refractivity contribution >= 4 is 29.2 Å². The third kappa shape index (κ3) is 3.87. The zero-order valence-corrected chi connectivity index (χ0v) is 13.8. The Morgan fingerprint density at radius 2 is 2.22 bits per heavy atom. The first-order chi connectivity index (χ1) is 10.9. The van der Waals surface area contributed by atoms with Crippen molar-refractivity contribution < 1.29 is 14.3 Å². The van der Waals surface area contributed by atoms with Gasteiger partial charge in [-0.2, -0.15) is 5.10 Å². The number of halogens is 1. The number of hydrogen-bond acceptors (Lipinski definition) is 5. The molecule has 8 heteroatoms. The second-order valence-electron chi connectivity index (χ2n) is 4.80. The normalized spacial score (nSPS) is 11.8. The van der Waals surface area contributed by atoms with Gasteiger partial charge in [-0.05, 0) is 26.0 Å². The van der Waals surface area contributed by atoms with E-state index in [2.05, 4.69) is 10.1 Å². The van der Waals surface area contributed by atoms with Crippen LogP contribution in [0.4, 0.5) is 5.69 Å². The zero-order valence-electron chi connectivity index (χ0n) is 13.1. The number of amides is 1. The average molecular weight is 337 g/mol. The number of aromatic nitrogens is 3. The molecular weight excluding hydrogens is 320 g/mol. The number of carbonyl (C=O) groups is 2. The fourth-order valence-corrected chi connectivity index (χ4v) is 2.34. The third-order valence-electron chi connectivity index (χ3n) is 3.13. The molecule has 1 atom stereocenters. The highest BCUT2D eigenvalue weighted by Gasteiger charge is 2.26. The van der Waals surface area contributed by atoms with Crippen molar-refractivity contribution in [3.8, 4) is 5.69 Å². The van der Waals surface area contributed by atoms with Crippen LogP contribution in [0.2, 0.25) is 5.15 Å². The van der Waals surface area contributed by atoms with Gasteiger partial charge in [0.25, 0.3) is 5.91 Å². The molecule has 0 aromatic carbocycles. The van der Waals surface area contributed by atoms with Gasteiger partial charge in [0.05, 0.1) is 18.1 Å². The number of ether oxygens (including phenoxy) is 1. The lowest BCUT2D eigenvalue weighted by atomic mass is 10.3. The maximum absolute atomic E-state index is 12.4. The Balaban J connectivity index is 2.30. The van der Waals surface area contributed by atoms with E-state index in [1.165, 1.54) is 23.4 Å². The van der Waals surface area contributed by atoms with Crippen molar-refractivity contribution in [1.82, 2.24) is 14.8 Å². The third-order valence-corrected chi connectivity index (χ3v) is 3.39. The lowest BCUT2D eigenvalue weighted by Gasteiger charge is -2.22. The van der Waals surface area contributed by atoms with E-state index in [9.17, 15) is 9.59 Å². The van der Waals surface area contributed by atoms with Gasteiger partial charge in [-0.1, -0.05) is 11.6 Å². The Kier molecular flexibility index (Phi) is 5.33. The first-order valence-corrected chi connectivity index (χ1v) is 7.46. The molecule has 0 N–H and O–H groups in total. The van der Waals surface area contributed by atoms with Gasteiger partial charge in [0.15, 0.2) is 11.3 Å². The Labute approximate surface area is 138 Å². The number of nitrogens with zero attached hydrogens (tertiary/aromatic N) is 4. The summed E-state index contributed by atoms with van der Waals surface area (Å²) in [6.07, 6.45) is 4.02. The summed E-state index contributed by atoms with van der Waals surface area (Å²) in [6, 6.07) is 3.59. The van der Waals surface area contributed by atoms with E-state index in [1.807, 2.05) is 6.07 Å².